The van der Waals surface area contributed by atoms with Crippen molar-refractivity contribution in [3.63, 3.8) is 0 Å². The minimum Gasteiger partial charge on any atom is -0.368 e. The SMILES string of the molecule is Nc1ncc(-c2nc(Cl)nc3c2ncn3CCc2ccccn2)cn1. The van der Waals surface area contributed by atoms with Crippen LogP contribution in [0.3, 0.4) is 0 Å². The standard InChI is InChI=1S/C16H13ClN8/c17-15-23-12(10-7-20-16(18)21-8-10)13-14(24-15)25(9-22-13)6-4-11-3-1-2-5-19-11/h1-3,5,7-9H,4,6H2,(H2,18,20,21). The predicted molar refractivity (Wildman–Crippen MR) is 93.7 cm³/mol. The van der Waals surface area contributed by atoms with Gasteiger partial charge in [-0.25, -0.2) is 19.9 Å². The van der Waals surface area contributed by atoms with E-state index in [0.29, 0.717) is 29.0 Å². The Bertz CT molecular complexity index is 1010. The number of hydrogen-bond acceptors (Lipinski definition) is 7. The Morgan fingerprint density at radius 1 is 1.04 bits per heavy atom. The summed E-state index contributed by atoms with van der Waals surface area (Å²) in [7, 11) is 0. The minimum absolute atomic E-state index is 0.138. The molecule has 0 saturated carbocycles. The summed E-state index contributed by atoms with van der Waals surface area (Å²) in [6, 6.07) is 5.84. The molecule has 8 nitrogen and oxygen atoms in total. The molecule has 9 heteroatoms. The monoisotopic (exact) mass is 352 g/mol. The van der Waals surface area contributed by atoms with E-state index in [1.54, 1.807) is 24.9 Å². The van der Waals surface area contributed by atoms with Crippen molar-refractivity contribution in [2.45, 2.75) is 13.0 Å². The molecule has 4 rings (SSSR count). The van der Waals surface area contributed by atoms with E-state index in [-0.39, 0.29) is 11.2 Å². The highest BCUT2D eigenvalue weighted by Gasteiger charge is 2.15. The minimum atomic E-state index is 0.138. The van der Waals surface area contributed by atoms with E-state index in [1.165, 1.54) is 0 Å². The number of aryl methyl sites for hydroxylation is 2. The zero-order valence-electron chi connectivity index (χ0n) is 13.0. The number of imidazole rings is 1. The molecule has 0 aromatic carbocycles. The molecule has 0 aliphatic carbocycles. The average molecular weight is 353 g/mol. The molecule has 4 aromatic rings. The maximum absolute atomic E-state index is 6.11. The Balaban J connectivity index is 1.72. The van der Waals surface area contributed by atoms with Crippen LogP contribution in [0.1, 0.15) is 5.69 Å². The van der Waals surface area contributed by atoms with Crippen LogP contribution in [0.5, 0.6) is 0 Å². The number of pyridine rings is 1. The van der Waals surface area contributed by atoms with Gasteiger partial charge in [0.25, 0.3) is 0 Å². The zero-order chi connectivity index (χ0) is 17.2. The summed E-state index contributed by atoms with van der Waals surface area (Å²) in [5.74, 6) is 0.195. The van der Waals surface area contributed by atoms with E-state index in [2.05, 4.69) is 29.9 Å². The van der Waals surface area contributed by atoms with Crippen LogP contribution in [-0.4, -0.2) is 34.5 Å². The Kier molecular flexibility index (Phi) is 3.95. The fourth-order valence-electron chi connectivity index (χ4n) is 2.52. The molecule has 0 atom stereocenters. The van der Waals surface area contributed by atoms with E-state index in [9.17, 15) is 0 Å². The average Bonchev–Trinajstić information content (AvgIpc) is 3.04. The van der Waals surface area contributed by atoms with Crippen molar-refractivity contribution in [3.8, 4) is 11.3 Å². The summed E-state index contributed by atoms with van der Waals surface area (Å²) < 4.78 is 1.93. The van der Waals surface area contributed by atoms with Crippen LogP contribution in [0, 0.1) is 0 Å². The van der Waals surface area contributed by atoms with E-state index < -0.39 is 0 Å². The third kappa shape index (κ3) is 3.11. The molecule has 124 valence electrons. The zero-order valence-corrected chi connectivity index (χ0v) is 13.8. The molecular formula is C16H13ClN8. The number of anilines is 1. The first-order chi connectivity index (χ1) is 12.2. The van der Waals surface area contributed by atoms with Crippen LogP contribution >= 0.6 is 11.6 Å². The number of aromatic nitrogens is 7. The van der Waals surface area contributed by atoms with Gasteiger partial charge in [0, 0.05) is 42.8 Å². The van der Waals surface area contributed by atoms with Crippen molar-refractivity contribution in [1.29, 1.82) is 0 Å². The van der Waals surface area contributed by atoms with Crippen molar-refractivity contribution in [3.05, 3.63) is 54.1 Å². The van der Waals surface area contributed by atoms with Crippen molar-refractivity contribution >= 4 is 28.7 Å². The summed E-state index contributed by atoms with van der Waals surface area (Å²) in [4.78, 5) is 25.4. The highest BCUT2D eigenvalue weighted by atomic mass is 35.5. The highest BCUT2D eigenvalue weighted by molar-refractivity contribution is 6.28. The molecule has 4 heterocycles. The topological polar surface area (TPSA) is 108 Å². The van der Waals surface area contributed by atoms with Crippen LogP contribution in [0.15, 0.2) is 43.1 Å². The van der Waals surface area contributed by atoms with Gasteiger partial charge in [-0.2, -0.15) is 4.98 Å². The maximum atomic E-state index is 6.11. The molecule has 25 heavy (non-hydrogen) atoms. The van der Waals surface area contributed by atoms with E-state index in [0.717, 1.165) is 12.1 Å². The molecule has 0 radical (unpaired) electrons. The fraction of sp³-hybridized carbons (Fsp3) is 0.125. The van der Waals surface area contributed by atoms with Gasteiger partial charge in [0.15, 0.2) is 5.65 Å². The first-order valence-electron chi connectivity index (χ1n) is 7.57. The molecule has 0 spiro atoms. The van der Waals surface area contributed by atoms with Crippen molar-refractivity contribution in [2.24, 2.45) is 0 Å². The van der Waals surface area contributed by atoms with Crippen LogP contribution in [-0.2, 0) is 13.0 Å². The van der Waals surface area contributed by atoms with Gasteiger partial charge in [0.05, 0.1) is 6.33 Å². The van der Waals surface area contributed by atoms with Gasteiger partial charge < -0.3 is 10.3 Å². The molecule has 0 unspecified atom stereocenters. The van der Waals surface area contributed by atoms with Crippen LogP contribution in [0.25, 0.3) is 22.4 Å². The third-order valence-electron chi connectivity index (χ3n) is 3.72. The molecule has 2 N–H and O–H groups in total. The smallest absolute Gasteiger partial charge is 0.225 e. The number of nitrogen functional groups attached to an aromatic ring is 1. The largest absolute Gasteiger partial charge is 0.368 e. The lowest BCUT2D eigenvalue weighted by Crippen LogP contribution is -2.03. The van der Waals surface area contributed by atoms with Gasteiger partial charge in [-0.1, -0.05) is 6.07 Å². The molecule has 0 amide bonds. The number of rotatable bonds is 4. The Morgan fingerprint density at radius 3 is 2.64 bits per heavy atom. The molecule has 0 bridgehead atoms. The van der Waals surface area contributed by atoms with E-state index in [1.807, 2.05) is 22.8 Å². The normalized spacial score (nSPS) is 11.1. The number of nitrogens with two attached hydrogens (primary N) is 1. The number of halogens is 1. The number of fused-ring (bicyclic) bond motifs is 1. The van der Waals surface area contributed by atoms with Crippen LogP contribution in [0.4, 0.5) is 5.95 Å². The molecule has 0 aliphatic rings. The molecular weight excluding hydrogens is 340 g/mol. The molecule has 0 saturated heterocycles. The lowest BCUT2D eigenvalue weighted by atomic mass is 10.2. The van der Waals surface area contributed by atoms with Gasteiger partial charge in [-0.3, -0.25) is 4.98 Å². The first-order valence-corrected chi connectivity index (χ1v) is 7.94. The lowest BCUT2D eigenvalue weighted by molar-refractivity contribution is 0.697. The van der Waals surface area contributed by atoms with Gasteiger partial charge >= 0.3 is 0 Å². The van der Waals surface area contributed by atoms with Crippen molar-refractivity contribution < 1.29 is 0 Å². The van der Waals surface area contributed by atoms with Gasteiger partial charge in [0.1, 0.15) is 11.2 Å². The number of hydrogen-bond donors (Lipinski definition) is 1. The fourth-order valence-corrected chi connectivity index (χ4v) is 2.69. The lowest BCUT2D eigenvalue weighted by Gasteiger charge is -2.05. The maximum Gasteiger partial charge on any atom is 0.225 e. The third-order valence-corrected chi connectivity index (χ3v) is 3.89. The summed E-state index contributed by atoms with van der Waals surface area (Å²) in [6.07, 6.45) is 7.44. The van der Waals surface area contributed by atoms with Gasteiger partial charge in [-0.05, 0) is 23.7 Å². The second-order valence-electron chi connectivity index (χ2n) is 5.35. The van der Waals surface area contributed by atoms with Crippen molar-refractivity contribution in [2.75, 3.05) is 5.73 Å². The van der Waals surface area contributed by atoms with E-state index >= 15 is 0 Å². The summed E-state index contributed by atoms with van der Waals surface area (Å²) in [5, 5.41) is 0.138. The highest BCUT2D eigenvalue weighted by Crippen LogP contribution is 2.25. The van der Waals surface area contributed by atoms with Gasteiger partial charge in [-0.15, -0.1) is 0 Å². The van der Waals surface area contributed by atoms with Crippen molar-refractivity contribution in [1.82, 2.24) is 34.5 Å². The van der Waals surface area contributed by atoms with Gasteiger partial charge in [0.2, 0.25) is 11.2 Å². The molecule has 0 aliphatic heterocycles. The summed E-state index contributed by atoms with van der Waals surface area (Å²) in [5.41, 5.74) is 9.08. The predicted octanol–water partition coefficient (Wildman–Crippen LogP) is 2.16. The summed E-state index contributed by atoms with van der Waals surface area (Å²) in [6.45, 7) is 0.679. The number of nitrogens with zero attached hydrogens (tertiary/aromatic N) is 7. The van der Waals surface area contributed by atoms with Crippen LogP contribution < -0.4 is 5.73 Å². The molecule has 0 fully saturated rings. The van der Waals surface area contributed by atoms with Crippen LogP contribution in [0.2, 0.25) is 5.28 Å². The Hall–Kier alpha value is -3.13. The Labute approximate surface area is 147 Å². The second-order valence-corrected chi connectivity index (χ2v) is 5.69. The second kappa shape index (κ2) is 6.40. The summed E-state index contributed by atoms with van der Waals surface area (Å²) >= 11 is 6.11. The van der Waals surface area contributed by atoms with E-state index in [4.69, 9.17) is 17.3 Å². The first kappa shape index (κ1) is 15.4. The Morgan fingerprint density at radius 2 is 1.88 bits per heavy atom. The quantitative estimate of drug-likeness (QED) is 0.560. The molecule has 4 aromatic heterocycles.